The first-order valence-electron chi connectivity index (χ1n) is 4.74. The summed E-state index contributed by atoms with van der Waals surface area (Å²) in [5, 5.41) is 1.13. The number of unbranched alkanes of at least 4 members (excludes halogenated alkanes) is 3. The number of hydrogen-bond donors (Lipinski definition) is 0. The fraction of sp³-hybridized carbons (Fsp3) is 0.800. The van der Waals surface area contributed by atoms with Crippen LogP contribution in [0.1, 0.15) is 39.0 Å². The second-order valence-electron chi connectivity index (χ2n) is 2.75. The van der Waals surface area contributed by atoms with E-state index in [-0.39, 0.29) is 0 Å². The summed E-state index contributed by atoms with van der Waals surface area (Å²) in [5.41, 5.74) is 0. The Bertz CT molecular complexity index is 102. The minimum absolute atomic E-state index is 0.874. The van der Waals surface area contributed by atoms with E-state index in [0.29, 0.717) is 0 Å². The summed E-state index contributed by atoms with van der Waals surface area (Å²) in [6.45, 7) is 2.98. The van der Waals surface area contributed by atoms with E-state index >= 15 is 0 Å². The molecule has 0 heterocycles. The molecule has 0 fully saturated rings. The average Bonchev–Trinajstić information content (AvgIpc) is 2.10. The van der Waals surface area contributed by atoms with Crippen LogP contribution in [0.2, 0.25) is 0 Å². The van der Waals surface area contributed by atoms with Crippen molar-refractivity contribution in [1.82, 2.24) is 0 Å². The van der Waals surface area contributed by atoms with Crippen molar-refractivity contribution in [3.63, 3.8) is 0 Å². The van der Waals surface area contributed by atoms with Crippen molar-refractivity contribution >= 4 is 15.9 Å². The maximum absolute atomic E-state index is 5.26. The van der Waals surface area contributed by atoms with E-state index in [0.717, 1.165) is 18.4 Å². The summed E-state index contributed by atoms with van der Waals surface area (Å²) in [6, 6.07) is 0. The van der Waals surface area contributed by atoms with Gasteiger partial charge in [0, 0.05) is 5.33 Å². The SMILES string of the molecule is CCC=COCCCCCCBr. The van der Waals surface area contributed by atoms with Crippen LogP contribution in [-0.4, -0.2) is 11.9 Å². The van der Waals surface area contributed by atoms with Crippen LogP contribution in [0.4, 0.5) is 0 Å². The molecule has 0 saturated carbocycles. The highest BCUT2D eigenvalue weighted by Crippen LogP contribution is 2.02. The normalized spacial score (nSPS) is 10.8. The summed E-state index contributed by atoms with van der Waals surface area (Å²) >= 11 is 3.41. The third-order valence-electron chi connectivity index (χ3n) is 1.57. The van der Waals surface area contributed by atoms with E-state index in [1.165, 1.54) is 25.7 Å². The maximum atomic E-state index is 5.26. The molecule has 0 unspecified atom stereocenters. The molecule has 0 amide bonds. The van der Waals surface area contributed by atoms with Gasteiger partial charge in [0.2, 0.25) is 0 Å². The van der Waals surface area contributed by atoms with Gasteiger partial charge in [-0.25, -0.2) is 0 Å². The Morgan fingerprint density at radius 3 is 2.58 bits per heavy atom. The molecule has 0 aromatic rings. The third-order valence-corrected chi connectivity index (χ3v) is 2.13. The Kier molecular flexibility index (Phi) is 11.0. The highest BCUT2D eigenvalue weighted by molar-refractivity contribution is 9.09. The Morgan fingerprint density at radius 1 is 1.17 bits per heavy atom. The molecule has 0 aliphatic rings. The molecular weight excluding hydrogens is 216 g/mol. The summed E-state index contributed by atoms with van der Waals surface area (Å²) in [7, 11) is 0. The number of halogens is 1. The van der Waals surface area contributed by atoms with Gasteiger partial charge in [-0.05, 0) is 19.3 Å². The first-order chi connectivity index (χ1) is 5.91. The van der Waals surface area contributed by atoms with Crippen LogP contribution in [0.5, 0.6) is 0 Å². The quantitative estimate of drug-likeness (QED) is 0.352. The van der Waals surface area contributed by atoms with Gasteiger partial charge in [-0.15, -0.1) is 0 Å². The van der Waals surface area contributed by atoms with E-state index in [4.69, 9.17) is 4.74 Å². The minimum atomic E-state index is 0.874. The lowest BCUT2D eigenvalue weighted by Crippen LogP contribution is -1.87. The predicted octanol–water partition coefficient (Wildman–Crippen LogP) is 3.88. The molecule has 0 aliphatic carbocycles. The van der Waals surface area contributed by atoms with Gasteiger partial charge < -0.3 is 4.74 Å². The largest absolute Gasteiger partial charge is 0.502 e. The molecule has 0 aromatic carbocycles. The van der Waals surface area contributed by atoms with Gasteiger partial charge in [0.15, 0.2) is 0 Å². The summed E-state index contributed by atoms with van der Waals surface area (Å²) < 4.78 is 5.26. The predicted molar refractivity (Wildman–Crippen MR) is 57.6 cm³/mol. The summed E-state index contributed by atoms with van der Waals surface area (Å²) in [6.07, 6.45) is 9.97. The number of hydrogen-bond acceptors (Lipinski definition) is 1. The molecule has 0 rings (SSSR count). The van der Waals surface area contributed by atoms with Crippen molar-refractivity contribution in [3.05, 3.63) is 12.3 Å². The molecule has 0 N–H and O–H groups in total. The van der Waals surface area contributed by atoms with Gasteiger partial charge in [0.25, 0.3) is 0 Å². The van der Waals surface area contributed by atoms with Crippen molar-refractivity contribution in [2.24, 2.45) is 0 Å². The van der Waals surface area contributed by atoms with Gasteiger partial charge in [0.1, 0.15) is 0 Å². The lowest BCUT2D eigenvalue weighted by atomic mass is 10.2. The molecule has 2 heteroatoms. The monoisotopic (exact) mass is 234 g/mol. The van der Waals surface area contributed by atoms with Gasteiger partial charge in [-0.2, -0.15) is 0 Å². The fourth-order valence-corrected chi connectivity index (χ4v) is 1.26. The zero-order chi connectivity index (χ0) is 9.07. The lowest BCUT2D eigenvalue weighted by Gasteiger charge is -1.99. The first-order valence-corrected chi connectivity index (χ1v) is 5.86. The number of allylic oxidation sites excluding steroid dienone is 1. The molecule has 0 saturated heterocycles. The second kappa shape index (κ2) is 11.0. The second-order valence-corrected chi connectivity index (χ2v) is 3.55. The van der Waals surface area contributed by atoms with Crippen LogP contribution < -0.4 is 0 Å². The highest BCUT2D eigenvalue weighted by atomic mass is 79.9. The van der Waals surface area contributed by atoms with E-state index in [1.54, 1.807) is 0 Å². The molecule has 0 spiro atoms. The van der Waals surface area contributed by atoms with Gasteiger partial charge in [-0.1, -0.05) is 41.8 Å². The number of alkyl halides is 1. The topological polar surface area (TPSA) is 9.23 Å². The summed E-state index contributed by atoms with van der Waals surface area (Å²) in [4.78, 5) is 0. The van der Waals surface area contributed by atoms with Crippen molar-refractivity contribution in [2.45, 2.75) is 39.0 Å². The molecule has 72 valence electrons. The van der Waals surface area contributed by atoms with E-state index in [2.05, 4.69) is 22.9 Å². The van der Waals surface area contributed by atoms with E-state index < -0.39 is 0 Å². The van der Waals surface area contributed by atoms with Crippen molar-refractivity contribution in [3.8, 4) is 0 Å². The van der Waals surface area contributed by atoms with E-state index in [1.807, 2.05) is 12.3 Å². The zero-order valence-electron chi connectivity index (χ0n) is 7.89. The third kappa shape index (κ3) is 10.0. The van der Waals surface area contributed by atoms with Crippen molar-refractivity contribution in [2.75, 3.05) is 11.9 Å². The molecule has 0 aromatic heterocycles. The Labute approximate surface area is 84.3 Å². The minimum Gasteiger partial charge on any atom is -0.502 e. The Morgan fingerprint density at radius 2 is 1.92 bits per heavy atom. The molecule has 0 radical (unpaired) electrons. The van der Waals surface area contributed by atoms with Crippen LogP contribution in [0.15, 0.2) is 12.3 Å². The maximum Gasteiger partial charge on any atom is 0.0873 e. The summed E-state index contributed by atoms with van der Waals surface area (Å²) in [5.74, 6) is 0. The van der Waals surface area contributed by atoms with E-state index in [9.17, 15) is 0 Å². The molecule has 12 heavy (non-hydrogen) atoms. The molecular formula is C10H19BrO. The number of rotatable bonds is 8. The molecule has 0 bridgehead atoms. The Hall–Kier alpha value is 0.0200. The fourth-order valence-electron chi connectivity index (χ4n) is 0.866. The van der Waals surface area contributed by atoms with Crippen molar-refractivity contribution in [1.29, 1.82) is 0 Å². The van der Waals surface area contributed by atoms with Crippen LogP contribution in [0, 0.1) is 0 Å². The van der Waals surface area contributed by atoms with Gasteiger partial charge >= 0.3 is 0 Å². The molecule has 0 aliphatic heterocycles. The van der Waals surface area contributed by atoms with Crippen LogP contribution in [0.3, 0.4) is 0 Å². The molecule has 1 nitrogen and oxygen atoms in total. The van der Waals surface area contributed by atoms with Gasteiger partial charge in [0.05, 0.1) is 12.9 Å². The zero-order valence-corrected chi connectivity index (χ0v) is 9.48. The van der Waals surface area contributed by atoms with Crippen LogP contribution in [0.25, 0.3) is 0 Å². The lowest BCUT2D eigenvalue weighted by molar-refractivity contribution is 0.240. The van der Waals surface area contributed by atoms with Crippen LogP contribution in [-0.2, 0) is 4.74 Å². The number of ether oxygens (including phenoxy) is 1. The first kappa shape index (κ1) is 12.0. The van der Waals surface area contributed by atoms with Crippen molar-refractivity contribution < 1.29 is 4.74 Å². The Balaban J connectivity index is 2.86. The standard InChI is InChI=1S/C10H19BrO/c1-2-3-9-12-10-7-5-4-6-8-11/h3,9H,2,4-8,10H2,1H3. The van der Waals surface area contributed by atoms with Crippen LogP contribution >= 0.6 is 15.9 Å². The highest BCUT2D eigenvalue weighted by Gasteiger charge is 1.87. The average molecular weight is 235 g/mol. The smallest absolute Gasteiger partial charge is 0.0873 e. The molecule has 0 atom stereocenters. The van der Waals surface area contributed by atoms with Gasteiger partial charge in [-0.3, -0.25) is 0 Å².